The highest BCUT2D eigenvalue weighted by Gasteiger charge is 2.37. The Hall–Kier alpha value is -16.7. The van der Waals surface area contributed by atoms with Gasteiger partial charge in [-0.25, -0.2) is 19.9 Å². The van der Waals surface area contributed by atoms with Gasteiger partial charge in [0.25, 0.3) is 41.4 Å². The number of aryl methyl sites for hydroxylation is 10. The van der Waals surface area contributed by atoms with Crippen molar-refractivity contribution >= 4 is 161 Å². The summed E-state index contributed by atoms with van der Waals surface area (Å²) in [4.78, 5) is 222. The molecule has 40 nitrogen and oxygen atoms in total. The number of aromatic hydroxyl groups is 1. The quantitative estimate of drug-likeness (QED) is 0.00973. The third kappa shape index (κ3) is 21.5. The van der Waals surface area contributed by atoms with Gasteiger partial charge in [0.1, 0.15) is 40.1 Å². The van der Waals surface area contributed by atoms with Crippen molar-refractivity contribution in [2.75, 3.05) is 62.3 Å². The number of phenols is 1. The molecule has 9 amide bonds. The van der Waals surface area contributed by atoms with Gasteiger partial charge in [0, 0.05) is 245 Å². The number of hydrogen-bond acceptors (Lipinski definition) is 20. The van der Waals surface area contributed by atoms with E-state index in [1.807, 2.05) is 42.5 Å². The SMILES string of the molecule is CC(=O)Nc1cc(C(=O)Nc2cc(C(=O)Nc3cn(C)c(C(=O)NCCC(=O)Nc4cc(C(=O)Nc5cn(C)c(C(=O)Nc6cn(C)c(C(=O)NCCCC(=O)Cc7cc(C(=O)Cc8cc(C(=O)CCCC(=O)Cc9cn(C)c(C(=O)Cc%10cc(C(=O)Cc%11ccc%12[nH]c(C(=O)N%13CC(CCl)c%14c%13cc(O)c%13ccccc%14%13)cc%12c%11)n(C)c%10)n9)n(C)c8)n(C)c7)n6)n5)n(C)c4)n3)n(C)c2)n(C)c1. The standard InChI is InChI=1S/C96H99ClN24O16/c1-52(122)100-60-36-73(114(5)45-60)90(131)103-62-38-75(116(7)47-62)92(133)108-81-49-118(9)88(105-81)94(135)99-25-23-84(130)101-61-37-74(115(6)46-61)91(132)109-82-50-120(11)89(107-82)95(136)110-83-51-119(10)87(106-83)93(134)98-24-15-17-63(123)27-54-28-70(112(3)41-54)79(128)32-55-29-69(111(2)42-55)76(125)20-14-16-64(124)35-59-48-117(8)86(102-59)80(129)33-56-30-71(113(4)43-56)78(127)31-53-21-22-67-57(26-53)34-68(104-67)96(137)121-44-58(40-97)85-66-19-13-12-18-65(66)77(126)39-72(85)121/h12-13,18-19,21-22,26,28-30,34,36-39,41-43,45-51,58,104,126H,14-17,20,23-25,27,31-33,35,40,44H2,1-11H3,(H,98,134)(H,99,135)(H,100,122)(H,101,130)(H,103,131)(H,108,133)(H,109,132)(H,110,136). The first-order chi connectivity index (χ1) is 65.3. The van der Waals surface area contributed by atoms with Crippen molar-refractivity contribution in [3.05, 3.63) is 250 Å². The summed E-state index contributed by atoms with van der Waals surface area (Å²) in [5.41, 5.74) is 8.15. The molecule has 0 saturated carbocycles. The second-order valence-electron chi connectivity index (χ2n) is 34.2. The normalized spacial score (nSPS) is 12.3. The van der Waals surface area contributed by atoms with Crippen LogP contribution < -0.4 is 47.4 Å². The first-order valence-corrected chi connectivity index (χ1v) is 44.3. The molecule has 1 aliphatic rings. The Balaban J connectivity index is 0.443. The summed E-state index contributed by atoms with van der Waals surface area (Å²) < 4.78 is 15.2. The second kappa shape index (κ2) is 40.0. The van der Waals surface area contributed by atoms with E-state index < -0.39 is 41.4 Å². The first-order valence-electron chi connectivity index (χ1n) is 43.7. The van der Waals surface area contributed by atoms with Gasteiger partial charge in [0.15, 0.2) is 40.6 Å². The average molecular weight is 1880 g/mol. The number of Topliss-reactive ketones (excluding diaryl/α,β-unsaturated/α-hetero) is 6. The number of hydrogen-bond donors (Lipinski definition) is 10. The lowest BCUT2D eigenvalue weighted by molar-refractivity contribution is -0.119. The van der Waals surface area contributed by atoms with Crippen LogP contribution in [0.15, 0.2) is 153 Å². The molecule has 0 bridgehead atoms. The molecule has 0 saturated heterocycles. The fourth-order valence-electron chi connectivity index (χ4n) is 17.1. The Kier molecular flexibility index (Phi) is 27.7. The van der Waals surface area contributed by atoms with Crippen LogP contribution in [0, 0.1) is 0 Å². The molecular weight excluding hydrogens is 1780 g/mol. The number of amides is 9. The van der Waals surface area contributed by atoms with Gasteiger partial charge in [0.05, 0.1) is 51.9 Å². The van der Waals surface area contributed by atoms with E-state index in [9.17, 15) is 77.0 Å². The fourth-order valence-corrected chi connectivity index (χ4v) is 17.3. The van der Waals surface area contributed by atoms with Gasteiger partial charge in [-0.15, -0.1) is 11.6 Å². The van der Waals surface area contributed by atoms with Crippen molar-refractivity contribution in [2.45, 2.75) is 83.5 Å². The molecule has 3 aromatic carbocycles. The number of ketones is 6. The molecule has 1 unspecified atom stereocenters. The number of fused-ring (bicyclic) bond motifs is 4. The number of rotatable bonds is 39. The fraction of sp³-hybridized carbons (Fsp3) is 0.281. The van der Waals surface area contributed by atoms with Crippen molar-refractivity contribution in [1.29, 1.82) is 0 Å². The minimum Gasteiger partial charge on any atom is -0.507 e. The van der Waals surface area contributed by atoms with Gasteiger partial charge in [0.2, 0.25) is 35.1 Å². The number of phenolic OH excluding ortho intramolecular Hbond substituents is 1. The molecule has 41 heteroatoms. The maximum Gasteiger partial charge on any atom is 0.292 e. The van der Waals surface area contributed by atoms with Crippen LogP contribution in [-0.2, 0) is 122 Å². The molecule has 0 radical (unpaired) electrons. The number of alkyl halides is 1. The molecule has 14 aromatic rings. The van der Waals surface area contributed by atoms with Gasteiger partial charge in [-0.05, 0) is 101 Å². The van der Waals surface area contributed by atoms with Crippen molar-refractivity contribution in [1.82, 2.24) is 81.2 Å². The minimum absolute atomic E-state index is 0.00737. The molecule has 706 valence electrons. The summed E-state index contributed by atoms with van der Waals surface area (Å²) in [6.07, 6.45) is 16.1. The summed E-state index contributed by atoms with van der Waals surface area (Å²) >= 11 is 6.45. The number of H-pyrrole nitrogens is 1. The van der Waals surface area contributed by atoms with Gasteiger partial charge < -0.3 is 103 Å². The molecule has 15 rings (SSSR count). The van der Waals surface area contributed by atoms with Gasteiger partial charge in [-0.2, -0.15) is 0 Å². The van der Waals surface area contributed by atoms with E-state index in [0.29, 0.717) is 85.5 Å². The third-order valence-electron chi connectivity index (χ3n) is 23.5. The van der Waals surface area contributed by atoms with Crippen LogP contribution in [0.4, 0.5) is 40.2 Å². The van der Waals surface area contributed by atoms with Crippen LogP contribution in [0.2, 0.25) is 0 Å². The van der Waals surface area contributed by atoms with Crippen LogP contribution in [0.5, 0.6) is 5.75 Å². The predicted octanol–water partition coefficient (Wildman–Crippen LogP) is 9.46. The van der Waals surface area contributed by atoms with E-state index >= 15 is 0 Å². The predicted molar refractivity (Wildman–Crippen MR) is 507 cm³/mol. The number of anilines is 7. The highest BCUT2D eigenvalue weighted by Crippen LogP contribution is 2.46. The number of imidazole rings is 4. The summed E-state index contributed by atoms with van der Waals surface area (Å²) in [6, 6.07) is 25.8. The van der Waals surface area contributed by atoms with Crippen molar-refractivity contribution in [3.8, 4) is 5.75 Å². The topological polar surface area (TPSA) is 492 Å². The third-order valence-corrected chi connectivity index (χ3v) is 23.9. The second-order valence-corrected chi connectivity index (χ2v) is 34.5. The molecule has 10 N–H and O–H groups in total. The van der Waals surface area contributed by atoms with Crippen LogP contribution >= 0.6 is 11.6 Å². The van der Waals surface area contributed by atoms with E-state index in [-0.39, 0.29) is 205 Å². The number of halogens is 1. The van der Waals surface area contributed by atoms with Crippen LogP contribution in [0.1, 0.15) is 201 Å². The largest absolute Gasteiger partial charge is 0.507 e. The molecule has 0 fully saturated rings. The van der Waals surface area contributed by atoms with Gasteiger partial charge in [-0.3, -0.25) is 71.9 Å². The number of carbonyl (C=O) groups excluding carboxylic acids is 15. The molecular formula is C96H99ClN24O16. The highest BCUT2D eigenvalue weighted by atomic mass is 35.5. The summed E-state index contributed by atoms with van der Waals surface area (Å²) in [6.45, 7) is 1.69. The smallest absolute Gasteiger partial charge is 0.292 e. The number of aromatic nitrogens is 15. The summed E-state index contributed by atoms with van der Waals surface area (Å²) in [5, 5.41) is 34.5. The monoisotopic (exact) mass is 1880 g/mol. The number of aromatic amines is 1. The van der Waals surface area contributed by atoms with Crippen LogP contribution in [0.3, 0.4) is 0 Å². The zero-order valence-corrected chi connectivity index (χ0v) is 77.5. The number of nitrogens with one attached hydrogen (secondary N) is 9. The van der Waals surface area contributed by atoms with Gasteiger partial charge in [-0.1, -0.05) is 30.3 Å². The van der Waals surface area contributed by atoms with E-state index in [0.717, 1.165) is 21.9 Å². The number of carbonyl (C=O) groups is 15. The van der Waals surface area contributed by atoms with Crippen LogP contribution in [-0.4, -0.2) is 189 Å². The maximum atomic E-state index is 14.1. The highest BCUT2D eigenvalue weighted by molar-refractivity contribution is 6.20. The Bertz CT molecular complexity index is 7280. The molecule has 1 atom stereocenters. The lowest BCUT2D eigenvalue weighted by atomic mass is 9.95. The van der Waals surface area contributed by atoms with E-state index in [1.54, 1.807) is 152 Å². The van der Waals surface area contributed by atoms with Crippen molar-refractivity contribution in [3.63, 3.8) is 0 Å². The summed E-state index contributed by atoms with van der Waals surface area (Å²) in [5.74, 6) is -5.80. The first kappa shape index (κ1) is 94.9. The number of nitrogens with zero attached hydrogens (tertiary/aromatic N) is 15. The zero-order chi connectivity index (χ0) is 97.8. The lowest BCUT2D eigenvalue weighted by Gasteiger charge is -2.17. The molecule has 12 heterocycles. The summed E-state index contributed by atoms with van der Waals surface area (Å²) in [7, 11) is 16.3. The van der Waals surface area contributed by atoms with Crippen molar-refractivity contribution in [2.24, 2.45) is 70.5 Å². The Labute approximate surface area is 787 Å². The molecule has 0 spiro atoms. The molecule has 11 aromatic heterocycles. The van der Waals surface area contributed by atoms with Crippen LogP contribution in [0.25, 0.3) is 21.7 Å². The maximum absolute atomic E-state index is 14.1. The van der Waals surface area contributed by atoms with E-state index in [4.69, 9.17) is 11.6 Å². The lowest BCUT2D eigenvalue weighted by Crippen LogP contribution is -2.30. The molecule has 137 heavy (non-hydrogen) atoms. The zero-order valence-electron chi connectivity index (χ0n) is 76.8. The van der Waals surface area contributed by atoms with E-state index in [2.05, 4.69) is 67.5 Å². The Morgan fingerprint density at radius 2 is 0.869 bits per heavy atom. The molecule has 1 aliphatic heterocycles. The van der Waals surface area contributed by atoms with Crippen molar-refractivity contribution < 1.29 is 77.0 Å². The molecule has 0 aliphatic carbocycles. The average Bonchev–Trinajstić information content (AvgIpc) is 1.60. The Morgan fingerprint density at radius 3 is 1.43 bits per heavy atom. The minimum atomic E-state index is -0.723. The number of benzene rings is 3. The van der Waals surface area contributed by atoms with E-state index in [1.165, 1.54) is 86.0 Å². The van der Waals surface area contributed by atoms with Gasteiger partial charge >= 0.3 is 0 Å². The Morgan fingerprint density at radius 1 is 0.401 bits per heavy atom.